The first-order valence-electron chi connectivity index (χ1n) is 8.91. The van der Waals surface area contributed by atoms with Gasteiger partial charge in [-0.2, -0.15) is 10.1 Å². The number of aliphatic hydroxyl groups excluding tert-OH is 1. The van der Waals surface area contributed by atoms with Crippen molar-refractivity contribution >= 4 is 23.1 Å². The number of nitrogens with one attached hydrogen (secondary N) is 2. The predicted octanol–water partition coefficient (Wildman–Crippen LogP) is 3.43. The number of fused-ring (bicyclic) bond motifs is 2. The quantitative estimate of drug-likeness (QED) is 0.512. The summed E-state index contributed by atoms with van der Waals surface area (Å²) >= 11 is 0. The number of aromatic nitrogens is 5. The van der Waals surface area contributed by atoms with Crippen molar-refractivity contribution in [1.29, 1.82) is 0 Å². The average Bonchev–Trinajstić information content (AvgIpc) is 3.26. The van der Waals surface area contributed by atoms with Gasteiger partial charge in [-0.05, 0) is 44.4 Å². The zero-order valence-corrected chi connectivity index (χ0v) is 14.7. The van der Waals surface area contributed by atoms with E-state index in [-0.39, 0.29) is 0 Å². The third kappa shape index (κ3) is 2.83. The van der Waals surface area contributed by atoms with E-state index in [0.29, 0.717) is 35.4 Å². The van der Waals surface area contributed by atoms with Crippen LogP contribution in [0, 0.1) is 6.92 Å². The molecule has 0 spiro atoms. The van der Waals surface area contributed by atoms with E-state index in [9.17, 15) is 5.11 Å². The Morgan fingerprint density at radius 1 is 1.22 bits per heavy atom. The molecule has 3 heterocycles. The van der Waals surface area contributed by atoms with Gasteiger partial charge >= 0.3 is 6.01 Å². The standard InChI is InChI=1S/C19H18N6O2/c1-10-9-13(25-24-10)17-16-12(6-4-7-14(16)26)20-18(22-17)23-19-21-11-5-2-3-8-15(11)27-19/h2-3,5,8-9,14,26H,4,6-7H2,1H3,(H,24,25)(H,20,21,22,23). The van der Waals surface area contributed by atoms with Crippen molar-refractivity contribution in [2.75, 3.05) is 5.32 Å². The Balaban J connectivity index is 1.60. The molecule has 8 nitrogen and oxygen atoms in total. The lowest BCUT2D eigenvalue weighted by Gasteiger charge is -2.22. The number of aryl methyl sites for hydroxylation is 2. The van der Waals surface area contributed by atoms with Crippen molar-refractivity contribution in [1.82, 2.24) is 25.1 Å². The minimum atomic E-state index is -0.584. The molecule has 0 bridgehead atoms. The van der Waals surface area contributed by atoms with E-state index in [0.717, 1.165) is 35.3 Å². The number of benzene rings is 1. The second kappa shape index (κ2) is 6.17. The highest BCUT2D eigenvalue weighted by Crippen LogP contribution is 2.36. The van der Waals surface area contributed by atoms with Crippen molar-refractivity contribution in [2.24, 2.45) is 0 Å². The van der Waals surface area contributed by atoms with Crippen molar-refractivity contribution in [3.05, 3.63) is 47.3 Å². The first-order valence-corrected chi connectivity index (χ1v) is 8.91. The van der Waals surface area contributed by atoms with Crippen molar-refractivity contribution < 1.29 is 9.52 Å². The van der Waals surface area contributed by atoms with Crippen LogP contribution in [-0.2, 0) is 6.42 Å². The van der Waals surface area contributed by atoms with Crippen molar-refractivity contribution in [3.63, 3.8) is 0 Å². The number of hydrogen-bond acceptors (Lipinski definition) is 7. The Hall–Kier alpha value is -3.26. The zero-order chi connectivity index (χ0) is 18.4. The molecule has 1 atom stereocenters. The van der Waals surface area contributed by atoms with Crippen molar-refractivity contribution in [3.8, 4) is 11.4 Å². The van der Waals surface area contributed by atoms with Crippen molar-refractivity contribution in [2.45, 2.75) is 32.3 Å². The topological polar surface area (TPSA) is 113 Å². The summed E-state index contributed by atoms with van der Waals surface area (Å²) in [5.41, 5.74) is 5.29. The molecule has 0 saturated heterocycles. The second-order valence-corrected chi connectivity index (χ2v) is 6.71. The summed E-state index contributed by atoms with van der Waals surface area (Å²) in [7, 11) is 0. The Morgan fingerprint density at radius 2 is 2.11 bits per heavy atom. The minimum absolute atomic E-state index is 0.330. The Kier molecular flexibility index (Phi) is 3.64. The Morgan fingerprint density at radius 3 is 2.93 bits per heavy atom. The Bertz CT molecular complexity index is 1100. The number of aliphatic hydroxyl groups is 1. The van der Waals surface area contributed by atoms with E-state index in [1.165, 1.54) is 0 Å². The smallest absolute Gasteiger partial charge is 0.302 e. The molecule has 5 rings (SSSR count). The van der Waals surface area contributed by atoms with Crippen LogP contribution in [0.15, 0.2) is 34.7 Å². The van der Waals surface area contributed by atoms with Gasteiger partial charge in [0.05, 0.1) is 11.8 Å². The molecule has 0 radical (unpaired) electrons. The summed E-state index contributed by atoms with van der Waals surface area (Å²) < 4.78 is 5.71. The van der Waals surface area contributed by atoms with Crippen LogP contribution in [0.25, 0.3) is 22.5 Å². The molecule has 0 saturated carbocycles. The van der Waals surface area contributed by atoms with Gasteiger partial charge in [0.1, 0.15) is 16.9 Å². The first kappa shape index (κ1) is 16.0. The number of hydrogen-bond donors (Lipinski definition) is 3. The van der Waals surface area contributed by atoms with E-state index in [2.05, 4.69) is 30.5 Å². The fraction of sp³-hybridized carbons (Fsp3) is 0.263. The number of oxazole rings is 1. The summed E-state index contributed by atoms with van der Waals surface area (Å²) in [6.45, 7) is 1.93. The largest absolute Gasteiger partial charge is 0.423 e. The number of aromatic amines is 1. The summed E-state index contributed by atoms with van der Waals surface area (Å²) in [6, 6.07) is 9.78. The van der Waals surface area contributed by atoms with E-state index in [1.54, 1.807) is 0 Å². The van der Waals surface area contributed by atoms with Crippen LogP contribution in [0.4, 0.5) is 12.0 Å². The maximum absolute atomic E-state index is 10.5. The van der Waals surface area contributed by atoms with Gasteiger partial charge in [-0.25, -0.2) is 9.97 Å². The molecule has 1 aliphatic carbocycles. The lowest BCUT2D eigenvalue weighted by molar-refractivity contribution is 0.155. The van der Waals surface area contributed by atoms with E-state index in [1.807, 2.05) is 37.3 Å². The molecular weight excluding hydrogens is 344 g/mol. The number of anilines is 2. The second-order valence-electron chi connectivity index (χ2n) is 6.71. The lowest BCUT2D eigenvalue weighted by atomic mass is 9.91. The normalized spacial score (nSPS) is 16.4. The Labute approximate surface area is 154 Å². The molecule has 3 aromatic heterocycles. The minimum Gasteiger partial charge on any atom is -0.423 e. The highest BCUT2D eigenvalue weighted by atomic mass is 16.4. The van der Waals surface area contributed by atoms with Gasteiger partial charge in [-0.3, -0.25) is 10.4 Å². The molecule has 0 aliphatic heterocycles. The van der Waals surface area contributed by atoms with Crippen LogP contribution in [0.2, 0.25) is 0 Å². The van der Waals surface area contributed by atoms with Gasteiger partial charge in [0.2, 0.25) is 5.95 Å². The van der Waals surface area contributed by atoms with Crippen LogP contribution >= 0.6 is 0 Å². The summed E-state index contributed by atoms with van der Waals surface area (Å²) in [5, 5.41) is 20.8. The lowest BCUT2D eigenvalue weighted by Crippen LogP contribution is -2.15. The number of nitrogens with zero attached hydrogens (tertiary/aromatic N) is 4. The number of para-hydroxylation sites is 2. The molecular formula is C19H18N6O2. The van der Waals surface area contributed by atoms with Gasteiger partial charge < -0.3 is 9.52 Å². The molecule has 0 fully saturated rings. The SMILES string of the molecule is Cc1cc(-c2nc(Nc3nc4ccccc4o3)nc3c2C(O)CCC3)n[nH]1. The third-order valence-electron chi connectivity index (χ3n) is 4.71. The van der Waals surface area contributed by atoms with Crippen LogP contribution in [-0.4, -0.2) is 30.3 Å². The summed E-state index contributed by atoms with van der Waals surface area (Å²) in [6.07, 6.45) is 1.78. The third-order valence-corrected chi connectivity index (χ3v) is 4.71. The highest BCUT2D eigenvalue weighted by Gasteiger charge is 2.27. The van der Waals surface area contributed by atoms with Gasteiger partial charge in [0, 0.05) is 11.3 Å². The molecule has 0 amide bonds. The first-order chi connectivity index (χ1) is 13.2. The fourth-order valence-corrected chi connectivity index (χ4v) is 3.48. The zero-order valence-electron chi connectivity index (χ0n) is 14.7. The van der Waals surface area contributed by atoms with E-state index in [4.69, 9.17) is 4.42 Å². The van der Waals surface area contributed by atoms with Gasteiger partial charge in [-0.15, -0.1) is 0 Å². The fourth-order valence-electron chi connectivity index (χ4n) is 3.48. The predicted molar refractivity (Wildman–Crippen MR) is 99.5 cm³/mol. The molecule has 136 valence electrons. The number of rotatable bonds is 3. The van der Waals surface area contributed by atoms with Gasteiger partial charge in [0.15, 0.2) is 5.58 Å². The van der Waals surface area contributed by atoms with Crippen LogP contribution in [0.1, 0.15) is 35.9 Å². The van der Waals surface area contributed by atoms with Crippen LogP contribution in [0.3, 0.4) is 0 Å². The highest BCUT2D eigenvalue weighted by molar-refractivity contribution is 5.75. The maximum Gasteiger partial charge on any atom is 0.302 e. The average molecular weight is 362 g/mol. The molecule has 27 heavy (non-hydrogen) atoms. The summed E-state index contributed by atoms with van der Waals surface area (Å²) in [5.74, 6) is 0.380. The van der Waals surface area contributed by atoms with Crippen LogP contribution in [0.5, 0.6) is 0 Å². The van der Waals surface area contributed by atoms with Gasteiger partial charge in [-0.1, -0.05) is 12.1 Å². The van der Waals surface area contributed by atoms with E-state index >= 15 is 0 Å². The monoisotopic (exact) mass is 362 g/mol. The molecule has 8 heteroatoms. The maximum atomic E-state index is 10.5. The summed E-state index contributed by atoms with van der Waals surface area (Å²) in [4.78, 5) is 13.6. The molecule has 1 aliphatic rings. The van der Waals surface area contributed by atoms with Gasteiger partial charge in [0.25, 0.3) is 0 Å². The van der Waals surface area contributed by atoms with Crippen LogP contribution < -0.4 is 5.32 Å². The van der Waals surface area contributed by atoms with E-state index < -0.39 is 6.10 Å². The molecule has 1 unspecified atom stereocenters. The number of H-pyrrole nitrogens is 1. The molecule has 3 N–H and O–H groups in total. The molecule has 4 aromatic rings. The molecule has 1 aromatic carbocycles.